The van der Waals surface area contributed by atoms with E-state index in [2.05, 4.69) is 27.6 Å². The molecule has 60 valence electrons. The van der Waals surface area contributed by atoms with E-state index in [1.807, 2.05) is 6.20 Å². The number of hydrogen-bond donors (Lipinski definition) is 0. The van der Waals surface area contributed by atoms with Crippen molar-refractivity contribution < 1.29 is 0 Å². The van der Waals surface area contributed by atoms with Crippen molar-refractivity contribution in [3.8, 4) is 0 Å². The maximum absolute atomic E-state index is 4.28. The van der Waals surface area contributed by atoms with Gasteiger partial charge in [-0.25, -0.2) is 4.98 Å². The Kier molecular flexibility index (Phi) is 1.66. The predicted molar refractivity (Wildman–Crippen MR) is 43.2 cm³/mol. The third-order valence-corrected chi connectivity index (χ3v) is 2.27. The van der Waals surface area contributed by atoms with Crippen molar-refractivity contribution in [2.75, 3.05) is 13.1 Å². The minimum atomic E-state index is 1.02. The third-order valence-electron chi connectivity index (χ3n) is 2.27. The predicted octanol–water partition coefficient (Wildman–Crippen LogP) is 0.719. The highest BCUT2D eigenvalue weighted by molar-refractivity contribution is 4.95. The minimum absolute atomic E-state index is 1.02. The van der Waals surface area contributed by atoms with Gasteiger partial charge in [0.1, 0.15) is 5.82 Å². The molecule has 1 aromatic rings. The van der Waals surface area contributed by atoms with Crippen LogP contribution in [0.3, 0.4) is 0 Å². The molecule has 1 aromatic heterocycles. The summed E-state index contributed by atoms with van der Waals surface area (Å²) in [6, 6.07) is 0. The Bertz CT molecular complexity index is 241. The molecule has 0 aliphatic carbocycles. The van der Waals surface area contributed by atoms with Crippen LogP contribution in [-0.4, -0.2) is 27.5 Å². The van der Waals surface area contributed by atoms with Crippen LogP contribution in [0.4, 0.5) is 0 Å². The zero-order chi connectivity index (χ0) is 7.68. The SMILES string of the molecule is CCN1CCn2ccnc2C1. The van der Waals surface area contributed by atoms with E-state index < -0.39 is 0 Å². The second-order valence-corrected chi connectivity index (χ2v) is 2.91. The number of nitrogens with zero attached hydrogens (tertiary/aromatic N) is 3. The fourth-order valence-electron chi connectivity index (χ4n) is 1.49. The van der Waals surface area contributed by atoms with Crippen LogP contribution in [0.2, 0.25) is 0 Å². The summed E-state index contributed by atoms with van der Waals surface area (Å²) in [5.74, 6) is 1.21. The first kappa shape index (κ1) is 6.85. The molecule has 0 aromatic carbocycles. The summed E-state index contributed by atoms with van der Waals surface area (Å²) in [6.45, 7) is 6.61. The Labute approximate surface area is 66.6 Å². The van der Waals surface area contributed by atoms with E-state index in [1.54, 1.807) is 0 Å². The molecule has 0 saturated carbocycles. The van der Waals surface area contributed by atoms with E-state index in [0.717, 1.165) is 19.6 Å². The summed E-state index contributed by atoms with van der Waals surface area (Å²) in [4.78, 5) is 6.68. The van der Waals surface area contributed by atoms with E-state index in [0.29, 0.717) is 0 Å². The number of fused-ring (bicyclic) bond motifs is 1. The lowest BCUT2D eigenvalue weighted by Gasteiger charge is -2.25. The molecule has 0 fully saturated rings. The van der Waals surface area contributed by atoms with Gasteiger partial charge in [-0.3, -0.25) is 4.90 Å². The molecule has 0 spiro atoms. The lowest BCUT2D eigenvalue weighted by molar-refractivity contribution is 0.228. The van der Waals surface area contributed by atoms with Gasteiger partial charge in [-0.1, -0.05) is 6.92 Å². The van der Waals surface area contributed by atoms with Crippen LogP contribution in [0.5, 0.6) is 0 Å². The molecule has 0 N–H and O–H groups in total. The Morgan fingerprint density at radius 2 is 2.45 bits per heavy atom. The molecule has 3 heteroatoms. The van der Waals surface area contributed by atoms with Crippen molar-refractivity contribution in [1.82, 2.24) is 14.5 Å². The zero-order valence-corrected chi connectivity index (χ0v) is 6.82. The monoisotopic (exact) mass is 151 g/mol. The molecule has 0 unspecified atom stereocenters. The van der Waals surface area contributed by atoms with Crippen LogP contribution < -0.4 is 0 Å². The van der Waals surface area contributed by atoms with Gasteiger partial charge in [0.05, 0.1) is 6.54 Å². The zero-order valence-electron chi connectivity index (χ0n) is 6.82. The average molecular weight is 151 g/mol. The van der Waals surface area contributed by atoms with Gasteiger partial charge in [0.15, 0.2) is 0 Å². The first-order valence-corrected chi connectivity index (χ1v) is 4.12. The first-order valence-electron chi connectivity index (χ1n) is 4.12. The van der Waals surface area contributed by atoms with Gasteiger partial charge in [0.25, 0.3) is 0 Å². The summed E-state index contributed by atoms with van der Waals surface area (Å²) in [7, 11) is 0. The van der Waals surface area contributed by atoms with Gasteiger partial charge < -0.3 is 4.57 Å². The van der Waals surface area contributed by atoms with Gasteiger partial charge in [-0.15, -0.1) is 0 Å². The van der Waals surface area contributed by atoms with Crippen molar-refractivity contribution in [1.29, 1.82) is 0 Å². The van der Waals surface area contributed by atoms with Crippen LogP contribution >= 0.6 is 0 Å². The molecule has 11 heavy (non-hydrogen) atoms. The fourth-order valence-corrected chi connectivity index (χ4v) is 1.49. The highest BCUT2D eigenvalue weighted by Gasteiger charge is 2.13. The van der Waals surface area contributed by atoms with Crippen LogP contribution in [-0.2, 0) is 13.1 Å². The summed E-state index contributed by atoms with van der Waals surface area (Å²) in [5, 5.41) is 0. The van der Waals surface area contributed by atoms with E-state index in [-0.39, 0.29) is 0 Å². The smallest absolute Gasteiger partial charge is 0.122 e. The Morgan fingerprint density at radius 3 is 3.27 bits per heavy atom. The van der Waals surface area contributed by atoms with E-state index >= 15 is 0 Å². The van der Waals surface area contributed by atoms with Gasteiger partial charge in [0, 0.05) is 25.5 Å². The fraction of sp³-hybridized carbons (Fsp3) is 0.625. The van der Waals surface area contributed by atoms with Crippen molar-refractivity contribution in [3.63, 3.8) is 0 Å². The molecule has 0 saturated heterocycles. The highest BCUT2D eigenvalue weighted by atomic mass is 15.2. The van der Waals surface area contributed by atoms with Gasteiger partial charge in [-0.2, -0.15) is 0 Å². The van der Waals surface area contributed by atoms with Crippen molar-refractivity contribution >= 4 is 0 Å². The molecular formula is C8H13N3. The molecular weight excluding hydrogens is 138 g/mol. The van der Waals surface area contributed by atoms with Gasteiger partial charge >= 0.3 is 0 Å². The van der Waals surface area contributed by atoms with Gasteiger partial charge in [-0.05, 0) is 6.54 Å². The minimum Gasteiger partial charge on any atom is -0.333 e. The number of rotatable bonds is 1. The van der Waals surface area contributed by atoms with Crippen LogP contribution in [0.15, 0.2) is 12.4 Å². The number of imidazole rings is 1. The molecule has 1 aliphatic rings. The molecule has 3 nitrogen and oxygen atoms in total. The molecule has 0 bridgehead atoms. The molecule has 0 atom stereocenters. The Hall–Kier alpha value is -0.830. The Morgan fingerprint density at radius 1 is 1.55 bits per heavy atom. The molecule has 0 amide bonds. The van der Waals surface area contributed by atoms with E-state index in [1.165, 1.54) is 12.4 Å². The number of aromatic nitrogens is 2. The lowest BCUT2D eigenvalue weighted by atomic mass is 10.3. The van der Waals surface area contributed by atoms with Crippen LogP contribution in [0, 0.1) is 0 Å². The van der Waals surface area contributed by atoms with Crippen LogP contribution in [0.1, 0.15) is 12.7 Å². The summed E-state index contributed by atoms with van der Waals surface area (Å²) >= 11 is 0. The maximum atomic E-state index is 4.28. The van der Waals surface area contributed by atoms with E-state index in [4.69, 9.17) is 0 Å². The second kappa shape index (κ2) is 2.66. The number of hydrogen-bond acceptors (Lipinski definition) is 2. The molecule has 0 radical (unpaired) electrons. The largest absolute Gasteiger partial charge is 0.333 e. The molecule has 2 heterocycles. The topological polar surface area (TPSA) is 21.1 Å². The van der Waals surface area contributed by atoms with E-state index in [9.17, 15) is 0 Å². The van der Waals surface area contributed by atoms with Crippen molar-refractivity contribution in [2.24, 2.45) is 0 Å². The third kappa shape index (κ3) is 1.16. The average Bonchev–Trinajstić information content (AvgIpc) is 2.50. The molecule has 2 rings (SSSR count). The van der Waals surface area contributed by atoms with Crippen molar-refractivity contribution in [3.05, 3.63) is 18.2 Å². The lowest BCUT2D eigenvalue weighted by Crippen LogP contribution is -2.33. The summed E-state index contributed by atoms with van der Waals surface area (Å²) in [5.41, 5.74) is 0. The molecule has 1 aliphatic heterocycles. The first-order chi connectivity index (χ1) is 5.40. The van der Waals surface area contributed by atoms with Crippen LogP contribution in [0.25, 0.3) is 0 Å². The second-order valence-electron chi connectivity index (χ2n) is 2.91. The maximum Gasteiger partial charge on any atom is 0.122 e. The normalized spacial score (nSPS) is 18.3. The number of likely N-dealkylation sites (N-methyl/N-ethyl adjacent to an activating group) is 1. The summed E-state index contributed by atoms with van der Waals surface area (Å²) in [6.07, 6.45) is 3.94. The van der Waals surface area contributed by atoms with Gasteiger partial charge in [0.2, 0.25) is 0 Å². The van der Waals surface area contributed by atoms with Crippen molar-refractivity contribution in [2.45, 2.75) is 20.0 Å². The quantitative estimate of drug-likeness (QED) is 0.589. The Balaban J connectivity index is 2.18. The summed E-state index contributed by atoms with van der Waals surface area (Å²) < 4.78 is 2.23. The highest BCUT2D eigenvalue weighted by Crippen LogP contribution is 2.08. The standard InChI is InChI=1S/C8H13N3/c1-2-10-5-6-11-4-3-9-8(11)7-10/h3-4H,2,5-7H2,1H3.